The molecule has 0 unspecified atom stereocenters. The van der Waals surface area contributed by atoms with Crippen LogP contribution < -0.4 is 5.32 Å². The van der Waals surface area contributed by atoms with Gasteiger partial charge in [-0.25, -0.2) is 0 Å². The number of nitriles is 1. The summed E-state index contributed by atoms with van der Waals surface area (Å²) < 4.78 is 0. The van der Waals surface area contributed by atoms with Crippen molar-refractivity contribution >= 4 is 0 Å². The van der Waals surface area contributed by atoms with Gasteiger partial charge in [-0.2, -0.15) is 5.26 Å². The Kier molecular flexibility index (Phi) is 4.05. The molecule has 1 saturated heterocycles. The highest BCUT2D eigenvalue weighted by atomic mass is 15.2. The van der Waals surface area contributed by atoms with E-state index in [-0.39, 0.29) is 5.41 Å². The zero-order valence-electron chi connectivity index (χ0n) is 12.0. The van der Waals surface area contributed by atoms with Crippen LogP contribution in [-0.2, 0) is 5.41 Å². The number of hydrogen-bond acceptors (Lipinski definition) is 3. The van der Waals surface area contributed by atoms with Gasteiger partial charge in [-0.3, -0.25) is 4.90 Å². The zero-order valence-corrected chi connectivity index (χ0v) is 12.0. The molecule has 3 rings (SSSR count). The van der Waals surface area contributed by atoms with E-state index in [9.17, 15) is 5.26 Å². The molecule has 3 heteroatoms. The van der Waals surface area contributed by atoms with Crippen LogP contribution in [0.1, 0.15) is 31.2 Å². The molecule has 106 valence electrons. The molecular weight excluding hydrogens is 246 g/mol. The first-order valence-electron chi connectivity index (χ1n) is 7.78. The predicted octanol–water partition coefficient (Wildman–Crippen LogP) is 2.30. The number of benzene rings is 1. The minimum Gasteiger partial charge on any atom is -0.314 e. The summed E-state index contributed by atoms with van der Waals surface area (Å²) in [5, 5.41) is 13.4. The molecule has 0 amide bonds. The molecule has 20 heavy (non-hydrogen) atoms. The number of nitrogens with zero attached hydrogens (tertiary/aromatic N) is 2. The Bertz CT molecular complexity index is 473. The maximum atomic E-state index is 10.0. The molecule has 0 aromatic heterocycles. The quantitative estimate of drug-likeness (QED) is 0.895. The molecular formula is C17H23N3. The second kappa shape index (κ2) is 5.95. The van der Waals surface area contributed by atoms with E-state index in [0.29, 0.717) is 6.04 Å². The van der Waals surface area contributed by atoms with Crippen molar-refractivity contribution in [2.75, 3.05) is 26.2 Å². The monoisotopic (exact) mass is 269 g/mol. The van der Waals surface area contributed by atoms with E-state index in [2.05, 4.69) is 40.6 Å². The third-order valence-electron chi connectivity index (χ3n) is 4.95. The summed E-state index contributed by atoms with van der Waals surface area (Å²) >= 11 is 0. The van der Waals surface area contributed by atoms with Crippen molar-refractivity contribution in [1.82, 2.24) is 10.2 Å². The number of nitrogens with one attached hydrogen (secondary N) is 1. The molecule has 2 aliphatic rings. The molecule has 3 nitrogen and oxygen atoms in total. The zero-order chi connectivity index (χ0) is 13.8. The molecule has 1 N–H and O–H groups in total. The summed E-state index contributed by atoms with van der Waals surface area (Å²) in [4.78, 5) is 2.55. The van der Waals surface area contributed by atoms with Crippen molar-refractivity contribution in [1.29, 1.82) is 5.26 Å². The van der Waals surface area contributed by atoms with E-state index in [4.69, 9.17) is 0 Å². The molecule has 2 fully saturated rings. The predicted molar refractivity (Wildman–Crippen MR) is 80.4 cm³/mol. The van der Waals surface area contributed by atoms with E-state index in [1.54, 1.807) is 0 Å². The van der Waals surface area contributed by atoms with Crippen LogP contribution in [0, 0.1) is 11.3 Å². The Labute approximate surface area is 121 Å². The molecule has 1 aromatic carbocycles. The van der Waals surface area contributed by atoms with Gasteiger partial charge in [0.05, 0.1) is 11.5 Å². The minimum absolute atomic E-state index is 0.309. The van der Waals surface area contributed by atoms with E-state index in [1.807, 2.05) is 6.07 Å². The molecule has 2 atom stereocenters. The van der Waals surface area contributed by atoms with Gasteiger partial charge in [-0.15, -0.1) is 0 Å². The fourth-order valence-corrected chi connectivity index (χ4v) is 3.91. The van der Waals surface area contributed by atoms with Gasteiger partial charge in [0, 0.05) is 32.2 Å². The summed E-state index contributed by atoms with van der Waals surface area (Å²) in [5.41, 5.74) is 0.905. The fourth-order valence-electron chi connectivity index (χ4n) is 3.91. The van der Waals surface area contributed by atoms with E-state index in [1.165, 1.54) is 18.4 Å². The molecule has 1 heterocycles. The van der Waals surface area contributed by atoms with Gasteiger partial charge in [0.25, 0.3) is 0 Å². The van der Waals surface area contributed by atoms with Crippen molar-refractivity contribution in [2.45, 2.75) is 37.1 Å². The lowest BCUT2D eigenvalue weighted by molar-refractivity contribution is 0.0925. The van der Waals surface area contributed by atoms with Gasteiger partial charge in [-0.1, -0.05) is 43.2 Å². The lowest BCUT2D eigenvalue weighted by Gasteiger charge is -2.46. The summed E-state index contributed by atoms with van der Waals surface area (Å²) in [6.07, 6.45) is 4.58. The van der Waals surface area contributed by atoms with Gasteiger partial charge in [0.2, 0.25) is 0 Å². The standard InChI is InChI=1S/C17H23N3/c18-14-17(15-6-2-1-3-7-15)9-5-4-8-16(17)20-12-10-19-11-13-20/h1-3,6-7,16,19H,4-5,8-13H2/t16-,17-/m0/s1. The topological polar surface area (TPSA) is 39.1 Å². The summed E-state index contributed by atoms with van der Waals surface area (Å²) in [6.45, 7) is 4.24. The summed E-state index contributed by atoms with van der Waals surface area (Å²) in [7, 11) is 0. The van der Waals surface area contributed by atoms with Crippen LogP contribution in [-0.4, -0.2) is 37.1 Å². The lowest BCUT2D eigenvalue weighted by atomic mass is 9.66. The van der Waals surface area contributed by atoms with Crippen molar-refractivity contribution in [2.24, 2.45) is 0 Å². The molecule has 0 spiro atoms. The van der Waals surface area contributed by atoms with Crippen LogP contribution in [0.2, 0.25) is 0 Å². The van der Waals surface area contributed by atoms with E-state index >= 15 is 0 Å². The van der Waals surface area contributed by atoms with Crippen molar-refractivity contribution < 1.29 is 0 Å². The van der Waals surface area contributed by atoms with Gasteiger partial charge >= 0.3 is 0 Å². The number of piperazine rings is 1. The van der Waals surface area contributed by atoms with Gasteiger partial charge in [0.1, 0.15) is 0 Å². The first-order chi connectivity index (χ1) is 9.87. The maximum absolute atomic E-state index is 10.0. The molecule has 1 aliphatic heterocycles. The van der Waals surface area contributed by atoms with E-state index in [0.717, 1.165) is 39.0 Å². The number of hydrogen-bond donors (Lipinski definition) is 1. The first kappa shape index (κ1) is 13.6. The van der Waals surface area contributed by atoms with Crippen LogP contribution in [0.3, 0.4) is 0 Å². The lowest BCUT2D eigenvalue weighted by Crippen LogP contribution is -2.57. The first-order valence-corrected chi connectivity index (χ1v) is 7.78. The fraction of sp³-hybridized carbons (Fsp3) is 0.588. The Morgan fingerprint density at radius 2 is 1.90 bits per heavy atom. The van der Waals surface area contributed by atoms with Gasteiger partial charge < -0.3 is 5.32 Å². The number of rotatable bonds is 2. The Balaban J connectivity index is 1.95. The highest BCUT2D eigenvalue weighted by molar-refractivity contribution is 5.36. The maximum Gasteiger partial charge on any atom is 0.0976 e. The van der Waals surface area contributed by atoms with Crippen molar-refractivity contribution in [3.63, 3.8) is 0 Å². The highest BCUT2D eigenvalue weighted by Crippen LogP contribution is 2.41. The van der Waals surface area contributed by atoms with Crippen LogP contribution in [0.5, 0.6) is 0 Å². The van der Waals surface area contributed by atoms with Crippen LogP contribution in [0.4, 0.5) is 0 Å². The third kappa shape index (κ3) is 2.34. The smallest absolute Gasteiger partial charge is 0.0976 e. The van der Waals surface area contributed by atoms with Crippen LogP contribution in [0.25, 0.3) is 0 Å². The van der Waals surface area contributed by atoms with Gasteiger partial charge in [0.15, 0.2) is 0 Å². The Morgan fingerprint density at radius 1 is 1.15 bits per heavy atom. The minimum atomic E-state index is -0.309. The second-order valence-corrected chi connectivity index (χ2v) is 6.00. The molecule has 1 saturated carbocycles. The molecule has 1 aromatic rings. The van der Waals surface area contributed by atoms with E-state index < -0.39 is 0 Å². The SMILES string of the molecule is N#C[C@]1(c2ccccc2)CCCC[C@@H]1N1CCNCC1. The van der Waals surface area contributed by atoms with Crippen LogP contribution >= 0.6 is 0 Å². The average molecular weight is 269 g/mol. The summed E-state index contributed by atoms with van der Waals surface area (Å²) in [6, 6.07) is 13.6. The van der Waals surface area contributed by atoms with Crippen molar-refractivity contribution in [3.8, 4) is 6.07 Å². The van der Waals surface area contributed by atoms with Crippen LogP contribution in [0.15, 0.2) is 30.3 Å². The second-order valence-electron chi connectivity index (χ2n) is 6.00. The van der Waals surface area contributed by atoms with Crippen molar-refractivity contribution in [3.05, 3.63) is 35.9 Å². The Morgan fingerprint density at radius 3 is 2.60 bits per heavy atom. The largest absolute Gasteiger partial charge is 0.314 e. The average Bonchev–Trinajstić information content (AvgIpc) is 2.56. The summed E-state index contributed by atoms with van der Waals surface area (Å²) in [5.74, 6) is 0. The Hall–Kier alpha value is -1.37. The molecule has 0 radical (unpaired) electrons. The molecule has 0 bridgehead atoms. The third-order valence-corrected chi connectivity index (χ3v) is 4.95. The normalized spacial score (nSPS) is 31.6. The van der Waals surface area contributed by atoms with Gasteiger partial charge in [-0.05, 0) is 18.4 Å². The molecule has 1 aliphatic carbocycles. The highest BCUT2D eigenvalue weighted by Gasteiger charge is 2.45.